The zero-order chi connectivity index (χ0) is 14.9. The van der Waals surface area contributed by atoms with Crippen molar-refractivity contribution in [2.24, 2.45) is 0 Å². The third-order valence-electron chi connectivity index (χ3n) is 2.61. The lowest BCUT2D eigenvalue weighted by atomic mass is 10.2. The Bertz CT molecular complexity index is 685. The summed E-state index contributed by atoms with van der Waals surface area (Å²) in [5, 5.41) is 13.4. The van der Waals surface area contributed by atoms with Gasteiger partial charge in [-0.1, -0.05) is 6.07 Å². The van der Waals surface area contributed by atoms with Crippen LogP contribution < -0.4 is 5.73 Å². The standard InChI is InChI=1S/C12H9F3N4S/c1-20-11-9(6-16)10(17)19(18-11)8-4-2-3-7(5-8)12(13,14)15/h2-5H,17H2,1H3. The minimum atomic E-state index is -4.45. The van der Waals surface area contributed by atoms with E-state index < -0.39 is 11.7 Å². The summed E-state index contributed by atoms with van der Waals surface area (Å²) >= 11 is 1.20. The number of benzene rings is 1. The van der Waals surface area contributed by atoms with Gasteiger partial charge in [-0.3, -0.25) is 0 Å². The Morgan fingerprint density at radius 3 is 2.60 bits per heavy atom. The molecule has 0 unspecified atom stereocenters. The van der Waals surface area contributed by atoms with Gasteiger partial charge in [0.1, 0.15) is 22.5 Å². The van der Waals surface area contributed by atoms with Crippen molar-refractivity contribution in [2.75, 3.05) is 12.0 Å². The number of halogens is 3. The number of nitriles is 1. The number of nitrogens with zero attached hydrogens (tertiary/aromatic N) is 3. The van der Waals surface area contributed by atoms with Gasteiger partial charge in [-0.15, -0.1) is 11.8 Å². The molecule has 0 aliphatic heterocycles. The summed E-state index contributed by atoms with van der Waals surface area (Å²) in [6, 6.07) is 6.52. The summed E-state index contributed by atoms with van der Waals surface area (Å²) in [5.74, 6) is 0.0242. The van der Waals surface area contributed by atoms with Crippen LogP contribution in [0.4, 0.5) is 19.0 Å². The van der Waals surface area contributed by atoms with E-state index in [2.05, 4.69) is 5.10 Å². The Balaban J connectivity index is 2.59. The topological polar surface area (TPSA) is 67.6 Å². The Morgan fingerprint density at radius 1 is 1.40 bits per heavy atom. The molecule has 0 bridgehead atoms. The first-order valence-electron chi connectivity index (χ1n) is 5.38. The number of alkyl halides is 3. The number of aromatic nitrogens is 2. The van der Waals surface area contributed by atoms with Crippen molar-refractivity contribution >= 4 is 17.6 Å². The van der Waals surface area contributed by atoms with Crippen LogP contribution in [0.3, 0.4) is 0 Å². The third-order valence-corrected chi connectivity index (χ3v) is 3.28. The molecule has 104 valence electrons. The smallest absolute Gasteiger partial charge is 0.382 e. The molecule has 2 aromatic rings. The first kappa shape index (κ1) is 14.3. The predicted molar refractivity (Wildman–Crippen MR) is 69.5 cm³/mol. The molecule has 8 heteroatoms. The Kier molecular flexibility index (Phi) is 3.63. The molecular weight excluding hydrogens is 289 g/mol. The summed E-state index contributed by atoms with van der Waals surface area (Å²) in [6.07, 6.45) is -2.74. The molecule has 2 N–H and O–H groups in total. The maximum Gasteiger partial charge on any atom is 0.416 e. The molecule has 2 rings (SSSR count). The van der Waals surface area contributed by atoms with Crippen molar-refractivity contribution in [3.8, 4) is 11.8 Å². The van der Waals surface area contributed by atoms with Gasteiger partial charge in [-0.05, 0) is 24.5 Å². The zero-order valence-electron chi connectivity index (χ0n) is 10.3. The lowest BCUT2D eigenvalue weighted by Gasteiger charge is -2.09. The molecule has 0 aliphatic carbocycles. The van der Waals surface area contributed by atoms with Crippen LogP contribution in [-0.4, -0.2) is 16.0 Å². The fourth-order valence-corrected chi connectivity index (χ4v) is 2.19. The highest BCUT2D eigenvalue weighted by Crippen LogP contribution is 2.32. The predicted octanol–water partition coefficient (Wildman–Crippen LogP) is 3.07. The highest BCUT2D eigenvalue weighted by atomic mass is 32.2. The zero-order valence-corrected chi connectivity index (χ0v) is 11.1. The van der Waals surface area contributed by atoms with Gasteiger partial charge >= 0.3 is 6.18 Å². The van der Waals surface area contributed by atoms with Gasteiger partial charge < -0.3 is 5.73 Å². The molecule has 0 saturated heterocycles. The van der Waals surface area contributed by atoms with Gasteiger partial charge in [-0.2, -0.15) is 23.5 Å². The first-order valence-corrected chi connectivity index (χ1v) is 6.61. The lowest BCUT2D eigenvalue weighted by Crippen LogP contribution is -2.08. The van der Waals surface area contributed by atoms with E-state index in [0.717, 1.165) is 16.8 Å². The molecule has 0 fully saturated rings. The van der Waals surface area contributed by atoms with Crippen molar-refractivity contribution in [1.82, 2.24) is 9.78 Å². The van der Waals surface area contributed by atoms with E-state index >= 15 is 0 Å². The van der Waals surface area contributed by atoms with E-state index in [1.54, 1.807) is 6.26 Å². The second kappa shape index (κ2) is 5.09. The summed E-state index contributed by atoms with van der Waals surface area (Å²) in [6.45, 7) is 0. The van der Waals surface area contributed by atoms with Crippen LogP contribution in [0.5, 0.6) is 0 Å². The number of nitrogen functional groups attached to an aromatic ring is 1. The van der Waals surface area contributed by atoms with Crippen molar-refractivity contribution in [3.63, 3.8) is 0 Å². The molecular formula is C12H9F3N4S. The SMILES string of the molecule is CSc1nn(-c2cccc(C(F)(F)F)c2)c(N)c1C#N. The minimum absolute atomic E-state index is 0.0242. The van der Waals surface area contributed by atoms with Crippen molar-refractivity contribution in [2.45, 2.75) is 11.2 Å². The second-order valence-electron chi connectivity index (χ2n) is 3.84. The average Bonchev–Trinajstić information content (AvgIpc) is 2.74. The number of hydrogen-bond donors (Lipinski definition) is 1. The highest BCUT2D eigenvalue weighted by Gasteiger charge is 2.30. The van der Waals surface area contributed by atoms with Crippen LogP contribution >= 0.6 is 11.8 Å². The largest absolute Gasteiger partial charge is 0.416 e. The van der Waals surface area contributed by atoms with E-state index in [1.165, 1.54) is 23.9 Å². The van der Waals surface area contributed by atoms with Crippen LogP contribution in [0.2, 0.25) is 0 Å². The quantitative estimate of drug-likeness (QED) is 0.865. The average molecular weight is 298 g/mol. The molecule has 0 atom stereocenters. The van der Waals surface area contributed by atoms with Gasteiger partial charge in [0.2, 0.25) is 0 Å². The fraction of sp³-hybridized carbons (Fsp3) is 0.167. The van der Waals surface area contributed by atoms with Gasteiger partial charge in [0, 0.05) is 0 Å². The molecule has 1 aromatic carbocycles. The van der Waals surface area contributed by atoms with Gasteiger partial charge in [0.15, 0.2) is 0 Å². The van der Waals surface area contributed by atoms with Crippen LogP contribution in [-0.2, 0) is 6.18 Å². The third kappa shape index (κ3) is 2.44. The number of thioether (sulfide) groups is 1. The molecule has 0 saturated carbocycles. The molecule has 0 aliphatic rings. The first-order chi connectivity index (χ1) is 9.38. The van der Waals surface area contributed by atoms with E-state index in [1.807, 2.05) is 6.07 Å². The second-order valence-corrected chi connectivity index (χ2v) is 4.64. The van der Waals surface area contributed by atoms with Crippen molar-refractivity contribution < 1.29 is 13.2 Å². The Labute approximate surface area is 117 Å². The van der Waals surface area contributed by atoms with E-state index in [4.69, 9.17) is 11.0 Å². The molecule has 0 spiro atoms. The molecule has 0 radical (unpaired) electrons. The van der Waals surface area contributed by atoms with Crippen molar-refractivity contribution in [3.05, 3.63) is 35.4 Å². The molecule has 4 nitrogen and oxygen atoms in total. The summed E-state index contributed by atoms with van der Waals surface area (Å²) < 4.78 is 39.2. The van der Waals surface area contributed by atoms with Crippen molar-refractivity contribution in [1.29, 1.82) is 5.26 Å². The lowest BCUT2D eigenvalue weighted by molar-refractivity contribution is -0.137. The van der Waals surface area contributed by atoms with Crippen LogP contribution in [0.25, 0.3) is 5.69 Å². The summed E-state index contributed by atoms with van der Waals surface area (Å²) in [5.41, 5.74) is 5.29. The maximum atomic E-state index is 12.7. The molecule has 20 heavy (non-hydrogen) atoms. The number of hydrogen-bond acceptors (Lipinski definition) is 4. The van der Waals surface area contributed by atoms with Crippen LogP contribution in [0.15, 0.2) is 29.3 Å². The maximum absolute atomic E-state index is 12.7. The van der Waals surface area contributed by atoms with E-state index in [9.17, 15) is 13.2 Å². The minimum Gasteiger partial charge on any atom is -0.382 e. The highest BCUT2D eigenvalue weighted by molar-refractivity contribution is 7.98. The van der Waals surface area contributed by atoms with Crippen LogP contribution in [0.1, 0.15) is 11.1 Å². The summed E-state index contributed by atoms with van der Waals surface area (Å²) in [4.78, 5) is 0. The monoisotopic (exact) mass is 298 g/mol. The van der Waals surface area contributed by atoms with E-state index in [-0.39, 0.29) is 17.1 Å². The number of rotatable bonds is 2. The Morgan fingerprint density at radius 2 is 2.10 bits per heavy atom. The molecule has 1 heterocycles. The van der Waals surface area contributed by atoms with Gasteiger partial charge in [0.25, 0.3) is 0 Å². The van der Waals surface area contributed by atoms with Crippen LogP contribution in [0, 0.1) is 11.3 Å². The normalized spacial score (nSPS) is 11.3. The fourth-order valence-electron chi connectivity index (χ4n) is 1.67. The number of anilines is 1. The van der Waals surface area contributed by atoms with Gasteiger partial charge in [0.05, 0.1) is 11.3 Å². The summed E-state index contributed by atoms with van der Waals surface area (Å²) in [7, 11) is 0. The van der Waals surface area contributed by atoms with Gasteiger partial charge in [-0.25, -0.2) is 4.68 Å². The molecule has 0 amide bonds. The van der Waals surface area contributed by atoms with E-state index in [0.29, 0.717) is 5.03 Å². The molecule has 1 aromatic heterocycles. The number of nitrogens with two attached hydrogens (primary N) is 1. The Hall–Kier alpha value is -2.14.